The summed E-state index contributed by atoms with van der Waals surface area (Å²) >= 11 is 0. The number of piperidine rings is 1. The molecular weight excluding hydrogens is 254 g/mol. The first-order valence-corrected chi connectivity index (χ1v) is 6.91. The Morgan fingerprint density at radius 1 is 1.15 bits per heavy atom. The van der Waals surface area contributed by atoms with Crippen LogP contribution in [0.1, 0.15) is 30.1 Å². The van der Waals surface area contributed by atoms with Gasteiger partial charge in [-0.1, -0.05) is 0 Å². The Bertz CT molecular complexity index is 476. The summed E-state index contributed by atoms with van der Waals surface area (Å²) in [6.45, 7) is 3.50. The molecule has 1 aliphatic rings. The number of likely N-dealkylation sites (tertiary alicyclic amines) is 1. The molecule has 2 rings (SSSR count). The number of nitrogens with zero attached hydrogens (tertiary/aromatic N) is 1. The maximum atomic E-state index is 12.1. The van der Waals surface area contributed by atoms with Crippen molar-refractivity contribution in [2.75, 3.05) is 25.5 Å². The third kappa shape index (κ3) is 4.06. The van der Waals surface area contributed by atoms with E-state index in [0.29, 0.717) is 11.3 Å². The molecule has 0 spiro atoms. The molecule has 5 heteroatoms. The summed E-state index contributed by atoms with van der Waals surface area (Å²) in [6, 6.07) is 7.20. The number of carbonyl (C=O) groups excluding carboxylic acids is 2. The quantitative estimate of drug-likeness (QED) is 0.878. The van der Waals surface area contributed by atoms with Gasteiger partial charge in [0, 0.05) is 24.2 Å². The molecule has 108 valence electrons. The molecule has 1 heterocycles. The molecule has 1 aliphatic heterocycles. The largest absolute Gasteiger partial charge is 0.349 e. The molecule has 0 aromatic heterocycles. The Hall–Kier alpha value is -1.88. The summed E-state index contributed by atoms with van der Waals surface area (Å²) < 4.78 is 0. The van der Waals surface area contributed by atoms with E-state index < -0.39 is 0 Å². The lowest BCUT2D eigenvalue weighted by Gasteiger charge is -2.29. The van der Waals surface area contributed by atoms with Crippen LogP contribution in [-0.2, 0) is 4.79 Å². The highest BCUT2D eigenvalue weighted by Gasteiger charge is 2.18. The fraction of sp³-hybridized carbons (Fsp3) is 0.467. The second-order valence-electron chi connectivity index (χ2n) is 5.31. The number of carbonyl (C=O) groups is 2. The van der Waals surface area contributed by atoms with Crippen molar-refractivity contribution in [2.45, 2.75) is 25.8 Å². The summed E-state index contributed by atoms with van der Waals surface area (Å²) in [5.74, 6) is -0.164. The lowest BCUT2D eigenvalue weighted by Crippen LogP contribution is -2.43. The molecule has 1 aromatic carbocycles. The molecule has 5 nitrogen and oxygen atoms in total. The van der Waals surface area contributed by atoms with Crippen molar-refractivity contribution in [1.29, 1.82) is 0 Å². The summed E-state index contributed by atoms with van der Waals surface area (Å²) in [5.41, 5.74) is 1.33. The fourth-order valence-electron chi connectivity index (χ4n) is 2.33. The van der Waals surface area contributed by atoms with Gasteiger partial charge in [-0.25, -0.2) is 0 Å². The lowest BCUT2D eigenvalue weighted by molar-refractivity contribution is -0.114. The second-order valence-corrected chi connectivity index (χ2v) is 5.31. The third-order valence-electron chi connectivity index (χ3n) is 3.52. The highest BCUT2D eigenvalue weighted by molar-refractivity contribution is 5.95. The molecule has 0 unspecified atom stereocenters. The van der Waals surface area contributed by atoms with Gasteiger partial charge in [0.25, 0.3) is 5.91 Å². The van der Waals surface area contributed by atoms with Crippen LogP contribution in [0.4, 0.5) is 5.69 Å². The van der Waals surface area contributed by atoms with Crippen LogP contribution < -0.4 is 10.6 Å². The molecule has 1 aromatic rings. The molecular formula is C15H21N3O2. The van der Waals surface area contributed by atoms with E-state index in [1.807, 2.05) is 0 Å². The molecule has 0 radical (unpaired) electrons. The van der Waals surface area contributed by atoms with Gasteiger partial charge in [0.05, 0.1) is 0 Å². The highest BCUT2D eigenvalue weighted by Crippen LogP contribution is 2.12. The van der Waals surface area contributed by atoms with Crippen molar-refractivity contribution in [3.63, 3.8) is 0 Å². The van der Waals surface area contributed by atoms with E-state index in [9.17, 15) is 9.59 Å². The van der Waals surface area contributed by atoms with Gasteiger partial charge in [-0.15, -0.1) is 0 Å². The lowest BCUT2D eigenvalue weighted by atomic mass is 10.0. The zero-order valence-corrected chi connectivity index (χ0v) is 12.0. The highest BCUT2D eigenvalue weighted by atomic mass is 16.2. The van der Waals surface area contributed by atoms with Gasteiger partial charge in [-0.3, -0.25) is 9.59 Å². The number of anilines is 1. The van der Waals surface area contributed by atoms with Crippen molar-refractivity contribution in [3.8, 4) is 0 Å². The van der Waals surface area contributed by atoms with Gasteiger partial charge in [-0.05, 0) is 57.2 Å². The van der Waals surface area contributed by atoms with Crippen molar-refractivity contribution in [2.24, 2.45) is 0 Å². The monoisotopic (exact) mass is 275 g/mol. The number of rotatable bonds is 3. The maximum Gasteiger partial charge on any atom is 0.251 e. The molecule has 0 bridgehead atoms. The minimum atomic E-state index is -0.117. The molecule has 2 N–H and O–H groups in total. The smallest absolute Gasteiger partial charge is 0.251 e. The van der Waals surface area contributed by atoms with Crippen molar-refractivity contribution < 1.29 is 9.59 Å². The summed E-state index contributed by atoms with van der Waals surface area (Å²) in [7, 11) is 2.10. The second kappa shape index (κ2) is 6.52. The van der Waals surface area contributed by atoms with E-state index in [0.717, 1.165) is 25.9 Å². The van der Waals surface area contributed by atoms with Crippen LogP contribution in [0.25, 0.3) is 0 Å². The average molecular weight is 275 g/mol. The van der Waals surface area contributed by atoms with E-state index in [-0.39, 0.29) is 17.9 Å². The number of nitrogens with one attached hydrogen (secondary N) is 2. The average Bonchev–Trinajstić information content (AvgIpc) is 2.41. The topological polar surface area (TPSA) is 61.4 Å². The van der Waals surface area contributed by atoms with E-state index in [2.05, 4.69) is 22.6 Å². The normalized spacial score (nSPS) is 16.7. The molecule has 0 saturated carbocycles. The number of hydrogen-bond donors (Lipinski definition) is 2. The summed E-state index contributed by atoms with van der Waals surface area (Å²) in [5, 5.41) is 5.74. The van der Waals surface area contributed by atoms with Crippen LogP contribution in [-0.4, -0.2) is 42.9 Å². The minimum absolute atomic E-state index is 0.0473. The van der Waals surface area contributed by atoms with Crippen molar-refractivity contribution >= 4 is 17.5 Å². The first-order valence-electron chi connectivity index (χ1n) is 6.91. The van der Waals surface area contributed by atoms with Crippen LogP contribution in [0.15, 0.2) is 24.3 Å². The van der Waals surface area contributed by atoms with E-state index in [4.69, 9.17) is 0 Å². The fourth-order valence-corrected chi connectivity index (χ4v) is 2.33. The zero-order chi connectivity index (χ0) is 14.5. The minimum Gasteiger partial charge on any atom is -0.349 e. The Morgan fingerprint density at radius 2 is 1.75 bits per heavy atom. The third-order valence-corrected chi connectivity index (χ3v) is 3.52. The van der Waals surface area contributed by atoms with Crippen LogP contribution in [0, 0.1) is 0 Å². The molecule has 2 amide bonds. The van der Waals surface area contributed by atoms with Gasteiger partial charge < -0.3 is 15.5 Å². The first-order chi connectivity index (χ1) is 9.54. The summed E-state index contributed by atoms with van der Waals surface area (Å²) in [4.78, 5) is 25.3. The standard InChI is InChI=1S/C15H21N3O2/c1-11(19)16-13-5-3-12(4-6-13)15(20)17-14-7-9-18(2)10-8-14/h3-6,14H,7-10H2,1-2H3,(H,16,19)(H,17,20). The Labute approximate surface area is 119 Å². The Balaban J connectivity index is 1.90. The maximum absolute atomic E-state index is 12.1. The van der Waals surface area contributed by atoms with Crippen LogP contribution in [0.5, 0.6) is 0 Å². The van der Waals surface area contributed by atoms with Gasteiger partial charge in [0.15, 0.2) is 0 Å². The van der Waals surface area contributed by atoms with Gasteiger partial charge >= 0.3 is 0 Å². The van der Waals surface area contributed by atoms with E-state index in [1.54, 1.807) is 24.3 Å². The SMILES string of the molecule is CC(=O)Nc1ccc(C(=O)NC2CCN(C)CC2)cc1. The first kappa shape index (κ1) is 14.5. The Morgan fingerprint density at radius 3 is 2.30 bits per heavy atom. The number of hydrogen-bond acceptors (Lipinski definition) is 3. The zero-order valence-electron chi connectivity index (χ0n) is 12.0. The van der Waals surface area contributed by atoms with E-state index >= 15 is 0 Å². The van der Waals surface area contributed by atoms with Crippen LogP contribution >= 0.6 is 0 Å². The van der Waals surface area contributed by atoms with E-state index in [1.165, 1.54) is 6.92 Å². The number of benzene rings is 1. The van der Waals surface area contributed by atoms with Crippen molar-refractivity contribution in [1.82, 2.24) is 10.2 Å². The van der Waals surface area contributed by atoms with Gasteiger partial charge in [0.1, 0.15) is 0 Å². The molecule has 20 heavy (non-hydrogen) atoms. The van der Waals surface area contributed by atoms with Gasteiger partial charge in [0.2, 0.25) is 5.91 Å². The molecule has 0 atom stereocenters. The molecule has 0 aliphatic carbocycles. The van der Waals surface area contributed by atoms with Crippen LogP contribution in [0.2, 0.25) is 0 Å². The predicted molar refractivity (Wildman–Crippen MR) is 78.7 cm³/mol. The van der Waals surface area contributed by atoms with Gasteiger partial charge in [-0.2, -0.15) is 0 Å². The van der Waals surface area contributed by atoms with Crippen molar-refractivity contribution in [3.05, 3.63) is 29.8 Å². The van der Waals surface area contributed by atoms with Crippen LogP contribution in [0.3, 0.4) is 0 Å². The number of amides is 2. The Kier molecular flexibility index (Phi) is 4.74. The molecule has 1 fully saturated rings. The summed E-state index contributed by atoms with van der Waals surface area (Å²) in [6.07, 6.45) is 1.98. The predicted octanol–water partition coefficient (Wildman–Crippen LogP) is 1.47. The molecule has 1 saturated heterocycles.